The Labute approximate surface area is 245 Å². The van der Waals surface area contributed by atoms with Crippen LogP contribution in [-0.2, 0) is 20.9 Å². The highest BCUT2D eigenvalue weighted by Gasteiger charge is 2.47. The van der Waals surface area contributed by atoms with Crippen LogP contribution in [0.25, 0.3) is 0 Å². The van der Waals surface area contributed by atoms with Crippen LogP contribution in [0.15, 0.2) is 48.5 Å². The van der Waals surface area contributed by atoms with Crippen molar-refractivity contribution in [1.29, 1.82) is 0 Å². The van der Waals surface area contributed by atoms with E-state index in [9.17, 15) is 19.5 Å². The lowest BCUT2D eigenvalue weighted by atomic mass is 9.86. The number of hydrogen-bond donors (Lipinski definition) is 2. The van der Waals surface area contributed by atoms with Gasteiger partial charge < -0.3 is 29.2 Å². The van der Waals surface area contributed by atoms with Gasteiger partial charge in [-0.2, -0.15) is 0 Å². The fourth-order valence-corrected chi connectivity index (χ4v) is 8.12. The summed E-state index contributed by atoms with van der Waals surface area (Å²) in [5, 5.41) is 9.69. The van der Waals surface area contributed by atoms with E-state index in [2.05, 4.69) is 0 Å². The maximum absolute atomic E-state index is 13.6. The second kappa shape index (κ2) is 14.0. The molecule has 224 valence electrons. The molecular weight excluding hydrogens is 536 g/mol. The lowest BCUT2D eigenvalue weighted by molar-refractivity contribution is -0.133. The summed E-state index contributed by atoms with van der Waals surface area (Å²) in [5.41, 5.74) is 2.33. The maximum Gasteiger partial charge on any atom is 0.226 e. The number of anilines is 1. The van der Waals surface area contributed by atoms with E-state index in [1.165, 1.54) is 0 Å². The minimum atomic E-state index is -2.90. The number of fused-ring (bicyclic) bond motifs is 1. The molecule has 2 aliphatic heterocycles. The number of rotatable bonds is 10. The number of carbonyl (C=O) groups is 2. The Morgan fingerprint density at radius 2 is 1.88 bits per heavy atom. The van der Waals surface area contributed by atoms with Gasteiger partial charge in [-0.3, -0.25) is 9.59 Å². The lowest BCUT2D eigenvalue weighted by Gasteiger charge is -2.44. The average Bonchev–Trinajstić information content (AvgIpc) is 2.93. The summed E-state index contributed by atoms with van der Waals surface area (Å²) in [7, 11) is -1.23. The monoisotopic (exact) mass is 582 g/mol. The molecule has 2 aromatic carbocycles. The summed E-state index contributed by atoms with van der Waals surface area (Å²) in [4.78, 5) is 41.6. The molecule has 4 atom stereocenters. The van der Waals surface area contributed by atoms with Crippen molar-refractivity contribution < 1.29 is 29.0 Å². The number of carbonyl (C=O) groups excluding carboxylic acids is 2. The predicted molar refractivity (Wildman–Crippen MR) is 162 cm³/mol. The number of aliphatic hydroxyl groups excluding tert-OH is 1. The molecule has 2 amide bonds. The van der Waals surface area contributed by atoms with Crippen molar-refractivity contribution in [3.05, 3.63) is 59.7 Å². The van der Waals surface area contributed by atoms with E-state index < -0.39 is 20.0 Å². The Balaban J connectivity index is 1.59. The third-order valence-corrected chi connectivity index (χ3v) is 10.9. The average molecular weight is 583 g/mol. The smallest absolute Gasteiger partial charge is 0.226 e. The number of hydrogen-bond acceptors (Lipinski definition) is 6. The molecule has 2 aliphatic rings. The first kappa shape index (κ1) is 31.2. The Morgan fingerprint density at radius 1 is 1.15 bits per heavy atom. The lowest BCUT2D eigenvalue weighted by Crippen LogP contribution is -2.50. The van der Waals surface area contributed by atoms with Crippen LogP contribution < -0.4 is 9.64 Å². The Kier molecular flexibility index (Phi) is 10.6. The van der Waals surface area contributed by atoms with Crippen molar-refractivity contribution in [2.45, 2.75) is 82.8 Å². The first-order chi connectivity index (χ1) is 19.6. The standard InChI is InChI=1S/C32H46N2O6Si/c1-23-31(39-2)26-20-25(34-17-11-6-5-10-14-29(34)36)15-16-27(26)40-32(23)28(41(3,4)38)21-30(37)33(18-19-35)22-24-12-8-7-9-13-24/h7-9,12-13,15-16,20,23,28,31-32,35,38H,5-6,10-11,14,17-19,21-22H2,1-4H3/t23-,28?,31-,32-/m1/s1. The molecule has 1 unspecified atom stereocenters. The van der Waals surface area contributed by atoms with Gasteiger partial charge in [-0.1, -0.05) is 50.1 Å². The van der Waals surface area contributed by atoms with Gasteiger partial charge in [0.15, 0.2) is 8.32 Å². The van der Waals surface area contributed by atoms with Gasteiger partial charge in [0.25, 0.3) is 0 Å². The second-order valence-electron chi connectivity index (χ2n) is 12.0. The van der Waals surface area contributed by atoms with E-state index in [0.717, 1.165) is 42.5 Å². The molecule has 0 spiro atoms. The van der Waals surface area contributed by atoms with E-state index in [0.29, 0.717) is 25.3 Å². The van der Waals surface area contributed by atoms with Gasteiger partial charge in [0.1, 0.15) is 11.9 Å². The maximum atomic E-state index is 13.6. The number of aliphatic hydroxyl groups is 1. The number of methoxy groups -OCH3 is 1. The Bertz CT molecular complexity index is 1170. The van der Waals surface area contributed by atoms with Crippen LogP contribution in [0.2, 0.25) is 18.6 Å². The first-order valence-electron chi connectivity index (χ1n) is 14.9. The van der Waals surface area contributed by atoms with Crippen molar-refractivity contribution >= 4 is 25.8 Å². The van der Waals surface area contributed by atoms with Crippen molar-refractivity contribution in [2.24, 2.45) is 5.92 Å². The normalized spacial score (nSPS) is 22.2. The molecule has 0 radical (unpaired) electrons. The SMILES string of the molecule is CO[C@H]1c2cc(N3CCCCCCC3=O)ccc2O[C@@H](C(CC(=O)N(CCO)Cc2ccccc2)[Si](C)(C)O)[C@@H]1C. The van der Waals surface area contributed by atoms with Crippen molar-refractivity contribution in [3.8, 4) is 5.75 Å². The van der Waals surface area contributed by atoms with Gasteiger partial charge in [-0.15, -0.1) is 0 Å². The van der Waals surface area contributed by atoms with Gasteiger partial charge in [0.05, 0.1) is 12.7 Å². The largest absolute Gasteiger partial charge is 0.490 e. The van der Waals surface area contributed by atoms with E-state index in [4.69, 9.17) is 9.47 Å². The van der Waals surface area contributed by atoms with Crippen LogP contribution >= 0.6 is 0 Å². The highest BCUT2D eigenvalue weighted by Crippen LogP contribution is 2.47. The summed E-state index contributed by atoms with van der Waals surface area (Å²) in [6.07, 6.45) is 4.04. The van der Waals surface area contributed by atoms with E-state index in [1.54, 1.807) is 12.0 Å². The third kappa shape index (κ3) is 7.57. The number of ether oxygens (including phenoxy) is 2. The Morgan fingerprint density at radius 3 is 2.56 bits per heavy atom. The molecule has 41 heavy (non-hydrogen) atoms. The molecule has 1 fully saturated rings. The van der Waals surface area contributed by atoms with Gasteiger partial charge >= 0.3 is 0 Å². The summed E-state index contributed by atoms with van der Waals surface area (Å²) >= 11 is 0. The fraction of sp³-hybridized carbons (Fsp3) is 0.562. The van der Waals surface area contributed by atoms with Crippen LogP contribution in [0, 0.1) is 5.92 Å². The zero-order valence-electron chi connectivity index (χ0n) is 24.9. The Hall–Kier alpha value is -2.72. The third-order valence-electron chi connectivity index (χ3n) is 8.59. The molecule has 4 rings (SSSR count). The van der Waals surface area contributed by atoms with Crippen LogP contribution in [-0.4, -0.2) is 67.8 Å². The van der Waals surface area contributed by atoms with Crippen LogP contribution in [0.1, 0.15) is 62.7 Å². The minimum Gasteiger partial charge on any atom is -0.490 e. The van der Waals surface area contributed by atoms with E-state index in [-0.39, 0.29) is 43.4 Å². The molecule has 2 heterocycles. The van der Waals surface area contributed by atoms with Crippen molar-refractivity contribution in [3.63, 3.8) is 0 Å². The molecule has 2 N–H and O–H groups in total. The highest BCUT2D eigenvalue weighted by atomic mass is 28.4. The molecule has 0 bridgehead atoms. The first-order valence-corrected chi connectivity index (χ1v) is 17.9. The minimum absolute atomic E-state index is 0.115. The quantitative estimate of drug-likeness (QED) is 0.381. The van der Waals surface area contributed by atoms with Crippen molar-refractivity contribution in [1.82, 2.24) is 4.90 Å². The summed E-state index contributed by atoms with van der Waals surface area (Å²) in [6.45, 7) is 6.92. The number of benzene rings is 2. The fourth-order valence-electron chi connectivity index (χ4n) is 6.27. The van der Waals surface area contributed by atoms with E-state index >= 15 is 0 Å². The second-order valence-corrected chi connectivity index (χ2v) is 16.1. The van der Waals surface area contributed by atoms with Gasteiger partial charge in [0, 0.05) is 62.3 Å². The number of nitrogens with zero attached hydrogens (tertiary/aromatic N) is 2. The molecule has 0 aliphatic carbocycles. The zero-order valence-corrected chi connectivity index (χ0v) is 25.9. The summed E-state index contributed by atoms with van der Waals surface area (Å²) in [6, 6.07) is 15.6. The summed E-state index contributed by atoms with van der Waals surface area (Å²) < 4.78 is 12.6. The zero-order chi connectivity index (χ0) is 29.6. The van der Waals surface area contributed by atoms with Crippen LogP contribution in [0.3, 0.4) is 0 Å². The molecular formula is C32H46N2O6Si. The molecule has 8 nitrogen and oxygen atoms in total. The van der Waals surface area contributed by atoms with Gasteiger partial charge in [0.2, 0.25) is 11.8 Å². The van der Waals surface area contributed by atoms with Crippen molar-refractivity contribution in [2.75, 3.05) is 31.7 Å². The van der Waals surface area contributed by atoms with Crippen LogP contribution in [0.5, 0.6) is 5.75 Å². The van der Waals surface area contributed by atoms with Crippen LogP contribution in [0.4, 0.5) is 5.69 Å². The molecule has 2 aromatic rings. The predicted octanol–water partition coefficient (Wildman–Crippen LogP) is 5.05. The summed E-state index contributed by atoms with van der Waals surface area (Å²) in [5.74, 6) is 0.540. The van der Waals surface area contributed by atoms with E-state index in [1.807, 2.05) is 73.4 Å². The molecule has 0 aromatic heterocycles. The molecule has 9 heteroatoms. The molecule has 0 saturated carbocycles. The highest BCUT2D eigenvalue weighted by molar-refractivity contribution is 6.71. The number of amides is 2. The van der Waals surface area contributed by atoms with Gasteiger partial charge in [-0.05, 0) is 49.7 Å². The van der Waals surface area contributed by atoms with Gasteiger partial charge in [-0.25, -0.2) is 0 Å². The molecule has 1 saturated heterocycles. The topological polar surface area (TPSA) is 99.5 Å².